The Kier molecular flexibility index (Phi) is 8.47. The third-order valence-corrected chi connectivity index (χ3v) is 2.29. The lowest BCUT2D eigenvalue weighted by Crippen LogP contribution is -1.87. The van der Waals surface area contributed by atoms with Crippen molar-refractivity contribution in [2.75, 3.05) is 0 Å². The van der Waals surface area contributed by atoms with Gasteiger partial charge in [-0.1, -0.05) is 13.8 Å². The molecule has 5 heteroatoms. The summed E-state index contributed by atoms with van der Waals surface area (Å²) >= 11 is 0. The van der Waals surface area contributed by atoms with Gasteiger partial charge in [0.15, 0.2) is 0 Å². The van der Waals surface area contributed by atoms with Gasteiger partial charge in [-0.2, -0.15) is 9.65 Å². The van der Waals surface area contributed by atoms with E-state index in [9.17, 15) is 13.2 Å². The maximum atomic E-state index is 12.5. The molecule has 21 heavy (non-hydrogen) atoms. The van der Waals surface area contributed by atoms with E-state index in [0.717, 1.165) is 12.3 Å². The molecule has 0 bridgehead atoms. The second-order valence-corrected chi connectivity index (χ2v) is 3.83. The summed E-state index contributed by atoms with van der Waals surface area (Å²) in [6, 6.07) is 6.97. The van der Waals surface area contributed by atoms with Gasteiger partial charge in [-0.25, -0.2) is 13.8 Å². The molecule has 0 atom stereocenters. The molecule has 112 valence electrons. The topological polar surface area (TPSA) is 36.7 Å². The number of halogens is 3. The molecule has 1 aromatic heterocycles. The minimum absolute atomic E-state index is 0.265. The van der Waals surface area contributed by atoms with Crippen LogP contribution in [0, 0.1) is 42.8 Å². The third-order valence-electron chi connectivity index (χ3n) is 2.29. The lowest BCUT2D eigenvalue weighted by molar-refractivity contribution is 0.547. The summed E-state index contributed by atoms with van der Waals surface area (Å²) in [5.74, 6) is -1.60. The molecular formula is C16H17F3N2. The summed E-state index contributed by atoms with van der Waals surface area (Å²) in [7, 11) is 0. The number of nitriles is 1. The summed E-state index contributed by atoms with van der Waals surface area (Å²) in [6.07, 6.45) is 1.16. The van der Waals surface area contributed by atoms with E-state index in [1.165, 1.54) is 25.1 Å². The lowest BCUT2D eigenvalue weighted by atomic mass is 10.1. The zero-order valence-corrected chi connectivity index (χ0v) is 12.4. The summed E-state index contributed by atoms with van der Waals surface area (Å²) < 4.78 is 36.8. The molecule has 0 unspecified atom stereocenters. The Balaban J connectivity index is 0.000000342. The van der Waals surface area contributed by atoms with Crippen molar-refractivity contribution in [2.24, 2.45) is 0 Å². The molecule has 0 fully saturated rings. The number of aryl methyl sites for hydroxylation is 2. The highest BCUT2D eigenvalue weighted by Crippen LogP contribution is 2.07. The molecule has 0 aliphatic carbocycles. The van der Waals surface area contributed by atoms with E-state index in [2.05, 4.69) is 4.98 Å². The molecule has 2 rings (SSSR count). The van der Waals surface area contributed by atoms with Crippen LogP contribution in [0.3, 0.4) is 0 Å². The van der Waals surface area contributed by atoms with Crippen molar-refractivity contribution in [1.29, 1.82) is 5.26 Å². The van der Waals surface area contributed by atoms with Gasteiger partial charge in [-0.3, -0.25) is 0 Å². The molecule has 2 nitrogen and oxygen atoms in total. The van der Waals surface area contributed by atoms with Crippen LogP contribution in [0.25, 0.3) is 0 Å². The maximum absolute atomic E-state index is 12.5. The Morgan fingerprint density at radius 1 is 0.952 bits per heavy atom. The average Bonchev–Trinajstić information content (AvgIpc) is 2.49. The van der Waals surface area contributed by atoms with Crippen molar-refractivity contribution >= 4 is 0 Å². The van der Waals surface area contributed by atoms with Crippen LogP contribution in [-0.2, 0) is 0 Å². The molecule has 0 amide bonds. The Morgan fingerprint density at radius 3 is 2.00 bits per heavy atom. The van der Waals surface area contributed by atoms with Crippen LogP contribution in [0.2, 0.25) is 0 Å². The molecule has 1 aromatic carbocycles. The largest absolute Gasteiger partial charge is 0.228 e. The molecule has 2 aromatic rings. The van der Waals surface area contributed by atoms with Gasteiger partial charge < -0.3 is 0 Å². The Morgan fingerprint density at radius 2 is 1.57 bits per heavy atom. The summed E-state index contributed by atoms with van der Waals surface area (Å²) in [6.45, 7) is 7.16. The Hall–Kier alpha value is -2.35. The van der Waals surface area contributed by atoms with Gasteiger partial charge in [0.1, 0.15) is 11.6 Å². The van der Waals surface area contributed by atoms with Crippen molar-refractivity contribution in [3.05, 3.63) is 64.7 Å². The van der Waals surface area contributed by atoms with Crippen molar-refractivity contribution in [3.8, 4) is 6.07 Å². The molecule has 0 saturated carbocycles. The monoisotopic (exact) mass is 294 g/mol. The number of nitrogens with zero attached hydrogens (tertiary/aromatic N) is 2. The van der Waals surface area contributed by atoms with Crippen LogP contribution >= 0.6 is 0 Å². The molecular weight excluding hydrogens is 277 g/mol. The highest BCUT2D eigenvalue weighted by Gasteiger charge is 1.97. The summed E-state index contributed by atoms with van der Waals surface area (Å²) in [5, 5.41) is 8.38. The second kappa shape index (κ2) is 9.54. The average molecular weight is 294 g/mol. The fraction of sp³-hybridized carbons (Fsp3) is 0.250. The summed E-state index contributed by atoms with van der Waals surface area (Å²) in [4.78, 5) is 3.23. The molecule has 0 aliphatic heterocycles. The van der Waals surface area contributed by atoms with E-state index in [1.807, 2.05) is 19.9 Å². The first-order chi connectivity index (χ1) is 9.93. The van der Waals surface area contributed by atoms with Crippen LogP contribution in [0.4, 0.5) is 13.2 Å². The first-order valence-electron chi connectivity index (χ1n) is 6.38. The van der Waals surface area contributed by atoms with Crippen LogP contribution < -0.4 is 0 Å². The molecule has 0 radical (unpaired) electrons. The highest BCUT2D eigenvalue weighted by molar-refractivity contribution is 5.32. The Labute approximate surface area is 122 Å². The van der Waals surface area contributed by atoms with Crippen molar-refractivity contribution in [2.45, 2.75) is 27.7 Å². The first kappa shape index (κ1) is 18.6. The predicted molar refractivity (Wildman–Crippen MR) is 76.1 cm³/mol. The van der Waals surface area contributed by atoms with Gasteiger partial charge in [0.25, 0.3) is 0 Å². The number of pyridine rings is 1. The van der Waals surface area contributed by atoms with Crippen LogP contribution in [0.5, 0.6) is 0 Å². The van der Waals surface area contributed by atoms with Gasteiger partial charge in [-0.05, 0) is 37.6 Å². The first-order valence-corrected chi connectivity index (χ1v) is 6.38. The third kappa shape index (κ3) is 6.57. The molecule has 0 aliphatic rings. The fourth-order valence-corrected chi connectivity index (χ4v) is 1.19. The maximum Gasteiger partial charge on any atom is 0.215 e. The highest BCUT2D eigenvalue weighted by atomic mass is 19.1. The van der Waals surface area contributed by atoms with E-state index in [0.29, 0.717) is 16.7 Å². The molecule has 0 saturated heterocycles. The van der Waals surface area contributed by atoms with Crippen LogP contribution in [0.15, 0.2) is 30.5 Å². The van der Waals surface area contributed by atoms with E-state index >= 15 is 0 Å². The van der Waals surface area contributed by atoms with Gasteiger partial charge in [0.2, 0.25) is 5.95 Å². The van der Waals surface area contributed by atoms with Crippen molar-refractivity contribution in [1.82, 2.24) is 4.98 Å². The van der Waals surface area contributed by atoms with Crippen LogP contribution in [0.1, 0.15) is 30.5 Å². The van der Waals surface area contributed by atoms with Crippen LogP contribution in [-0.4, -0.2) is 4.98 Å². The van der Waals surface area contributed by atoms with Gasteiger partial charge >= 0.3 is 0 Å². The number of benzene rings is 1. The number of hydrogen-bond acceptors (Lipinski definition) is 2. The van der Waals surface area contributed by atoms with Gasteiger partial charge in [0, 0.05) is 17.8 Å². The zero-order valence-electron chi connectivity index (χ0n) is 12.4. The van der Waals surface area contributed by atoms with Crippen molar-refractivity contribution < 1.29 is 13.2 Å². The smallest absolute Gasteiger partial charge is 0.215 e. The minimum Gasteiger partial charge on any atom is -0.228 e. The second-order valence-electron chi connectivity index (χ2n) is 3.83. The number of rotatable bonds is 0. The number of hydrogen-bond donors (Lipinski definition) is 0. The molecule has 0 spiro atoms. The SMILES string of the molecule is CC.Cc1cc(C#N)ccc1F.Cc1cnc(F)cc1F. The summed E-state index contributed by atoms with van der Waals surface area (Å²) in [5.41, 5.74) is 1.37. The van der Waals surface area contributed by atoms with E-state index in [-0.39, 0.29) is 5.82 Å². The predicted octanol–water partition coefficient (Wildman–Crippen LogP) is 4.70. The lowest BCUT2D eigenvalue weighted by Gasteiger charge is -1.93. The minimum atomic E-state index is -0.780. The van der Waals surface area contributed by atoms with E-state index in [1.54, 1.807) is 6.92 Å². The van der Waals surface area contributed by atoms with Gasteiger partial charge in [-0.15, -0.1) is 0 Å². The normalized spacial score (nSPS) is 8.67. The fourth-order valence-electron chi connectivity index (χ4n) is 1.19. The van der Waals surface area contributed by atoms with E-state index in [4.69, 9.17) is 5.26 Å². The van der Waals surface area contributed by atoms with Gasteiger partial charge in [0.05, 0.1) is 11.6 Å². The quantitative estimate of drug-likeness (QED) is 0.660. The zero-order chi connectivity index (χ0) is 16.4. The standard InChI is InChI=1S/C8H6FN.C6H5F2N.C2H6/c1-6-4-7(5-10)2-3-8(6)9;1-4-3-9-6(8)2-5(4)7;1-2/h2-4H,1H3;2-3H,1H3;1-2H3. The van der Waals surface area contributed by atoms with Crippen molar-refractivity contribution in [3.63, 3.8) is 0 Å². The Bertz CT molecular complexity index is 619. The van der Waals surface area contributed by atoms with E-state index < -0.39 is 11.8 Å². The molecule has 0 N–H and O–H groups in total. The molecule has 1 heterocycles. The number of aromatic nitrogens is 1.